The normalized spacial score (nSPS) is 12.4. The van der Waals surface area contributed by atoms with Crippen molar-refractivity contribution in [3.8, 4) is 0 Å². The predicted molar refractivity (Wildman–Crippen MR) is 75.6 cm³/mol. The molecule has 0 radical (unpaired) electrons. The number of carbonyl (C=O) groups is 1. The summed E-state index contributed by atoms with van der Waals surface area (Å²) in [5.74, 6) is 0.871. The maximum absolute atomic E-state index is 11.6. The van der Waals surface area contributed by atoms with E-state index in [0.29, 0.717) is 6.54 Å². The lowest BCUT2D eigenvalue weighted by molar-refractivity contribution is -0.122. The molecule has 0 saturated heterocycles. The zero-order valence-corrected chi connectivity index (χ0v) is 11.8. The van der Waals surface area contributed by atoms with Gasteiger partial charge in [-0.05, 0) is 43.8 Å². The van der Waals surface area contributed by atoms with Gasteiger partial charge in [-0.15, -0.1) is 0 Å². The van der Waals surface area contributed by atoms with Crippen molar-refractivity contribution in [1.82, 2.24) is 15.5 Å². The SMILES string of the molecule is CSCC[C@H](N)C(=O)NCCCc1cn[nH]c1C. The molecule has 1 amide bonds. The van der Waals surface area contributed by atoms with Crippen LogP contribution in [0.3, 0.4) is 0 Å². The van der Waals surface area contributed by atoms with Gasteiger partial charge in [-0.3, -0.25) is 9.89 Å². The Balaban J connectivity index is 2.14. The first-order chi connectivity index (χ1) is 8.65. The molecular weight excluding hydrogens is 248 g/mol. The molecule has 1 atom stereocenters. The Kier molecular flexibility index (Phi) is 6.82. The second-order valence-electron chi connectivity index (χ2n) is 4.30. The molecule has 1 rings (SSSR count). The largest absolute Gasteiger partial charge is 0.355 e. The third-order valence-corrected chi connectivity index (χ3v) is 3.47. The van der Waals surface area contributed by atoms with E-state index < -0.39 is 0 Å². The number of hydrogen-bond donors (Lipinski definition) is 3. The fourth-order valence-corrected chi connectivity index (χ4v) is 2.11. The predicted octanol–water partition coefficient (Wildman–Crippen LogP) is 0.847. The fourth-order valence-electron chi connectivity index (χ4n) is 1.63. The number of nitrogens with zero attached hydrogens (tertiary/aromatic N) is 1. The standard InChI is InChI=1S/C12H22N4OS/c1-9-10(8-15-16-9)4-3-6-14-12(17)11(13)5-7-18-2/h8,11H,3-7,13H2,1-2H3,(H,14,17)(H,15,16)/t11-/m0/s1. The summed E-state index contributed by atoms with van der Waals surface area (Å²) in [6, 6.07) is -0.381. The molecule has 0 aromatic carbocycles. The number of aromatic amines is 1. The van der Waals surface area contributed by atoms with E-state index in [-0.39, 0.29) is 11.9 Å². The van der Waals surface area contributed by atoms with Gasteiger partial charge in [0.2, 0.25) is 5.91 Å². The maximum Gasteiger partial charge on any atom is 0.236 e. The molecule has 0 aliphatic carbocycles. The van der Waals surface area contributed by atoms with Crippen molar-refractivity contribution in [2.75, 3.05) is 18.6 Å². The molecule has 5 nitrogen and oxygen atoms in total. The Morgan fingerprint density at radius 3 is 3.06 bits per heavy atom. The third-order valence-electron chi connectivity index (χ3n) is 2.83. The second kappa shape index (κ2) is 8.16. The van der Waals surface area contributed by atoms with Crippen LogP contribution in [0.2, 0.25) is 0 Å². The van der Waals surface area contributed by atoms with Crippen molar-refractivity contribution in [2.24, 2.45) is 5.73 Å². The van der Waals surface area contributed by atoms with E-state index in [2.05, 4.69) is 15.5 Å². The van der Waals surface area contributed by atoms with Gasteiger partial charge in [0.15, 0.2) is 0 Å². The zero-order chi connectivity index (χ0) is 13.4. The zero-order valence-electron chi connectivity index (χ0n) is 11.0. The summed E-state index contributed by atoms with van der Waals surface area (Å²) in [6.45, 7) is 2.66. The number of aryl methyl sites for hydroxylation is 2. The number of amides is 1. The second-order valence-corrected chi connectivity index (χ2v) is 5.29. The van der Waals surface area contributed by atoms with Gasteiger partial charge in [-0.25, -0.2) is 0 Å². The molecule has 0 fully saturated rings. The fraction of sp³-hybridized carbons (Fsp3) is 0.667. The first-order valence-electron chi connectivity index (χ1n) is 6.16. The van der Waals surface area contributed by atoms with Gasteiger partial charge in [0.05, 0.1) is 12.2 Å². The van der Waals surface area contributed by atoms with Crippen molar-refractivity contribution < 1.29 is 4.79 Å². The number of aromatic nitrogens is 2. The van der Waals surface area contributed by atoms with E-state index in [1.807, 2.05) is 19.4 Å². The summed E-state index contributed by atoms with van der Waals surface area (Å²) in [4.78, 5) is 11.6. The number of hydrogen-bond acceptors (Lipinski definition) is 4. The van der Waals surface area contributed by atoms with E-state index in [1.165, 1.54) is 5.56 Å². The van der Waals surface area contributed by atoms with Crippen LogP contribution in [-0.4, -0.2) is 40.7 Å². The van der Waals surface area contributed by atoms with E-state index >= 15 is 0 Å². The third kappa shape index (κ3) is 5.10. The lowest BCUT2D eigenvalue weighted by Gasteiger charge is -2.11. The van der Waals surface area contributed by atoms with Crippen molar-refractivity contribution in [3.63, 3.8) is 0 Å². The lowest BCUT2D eigenvalue weighted by Crippen LogP contribution is -2.41. The highest BCUT2D eigenvalue weighted by Crippen LogP contribution is 2.05. The first-order valence-corrected chi connectivity index (χ1v) is 7.55. The van der Waals surface area contributed by atoms with Crippen LogP contribution < -0.4 is 11.1 Å². The summed E-state index contributed by atoms with van der Waals surface area (Å²) in [6.07, 6.45) is 6.40. The molecule has 0 bridgehead atoms. The molecule has 1 aromatic rings. The van der Waals surface area contributed by atoms with Crippen molar-refractivity contribution >= 4 is 17.7 Å². The van der Waals surface area contributed by atoms with Gasteiger partial charge >= 0.3 is 0 Å². The van der Waals surface area contributed by atoms with E-state index in [4.69, 9.17) is 5.73 Å². The van der Waals surface area contributed by atoms with E-state index in [1.54, 1.807) is 11.8 Å². The molecule has 0 saturated carbocycles. The Morgan fingerprint density at radius 1 is 1.67 bits per heavy atom. The minimum atomic E-state index is -0.381. The summed E-state index contributed by atoms with van der Waals surface area (Å²) in [5.41, 5.74) is 8.06. The summed E-state index contributed by atoms with van der Waals surface area (Å²) >= 11 is 1.71. The molecule has 102 valence electrons. The van der Waals surface area contributed by atoms with Gasteiger partial charge in [-0.1, -0.05) is 0 Å². The van der Waals surface area contributed by atoms with Crippen molar-refractivity contribution in [2.45, 2.75) is 32.2 Å². The summed E-state index contributed by atoms with van der Waals surface area (Å²) in [7, 11) is 0. The van der Waals surface area contributed by atoms with E-state index in [0.717, 1.165) is 30.7 Å². The van der Waals surface area contributed by atoms with Crippen LogP contribution in [0.25, 0.3) is 0 Å². The molecule has 1 heterocycles. The topological polar surface area (TPSA) is 83.8 Å². The Morgan fingerprint density at radius 2 is 2.44 bits per heavy atom. The molecule has 4 N–H and O–H groups in total. The number of carbonyl (C=O) groups excluding carboxylic acids is 1. The van der Waals surface area contributed by atoms with Crippen LogP contribution in [0.1, 0.15) is 24.1 Å². The monoisotopic (exact) mass is 270 g/mol. The van der Waals surface area contributed by atoms with Crippen LogP contribution >= 0.6 is 11.8 Å². The van der Waals surface area contributed by atoms with Gasteiger partial charge in [-0.2, -0.15) is 16.9 Å². The summed E-state index contributed by atoms with van der Waals surface area (Å²) < 4.78 is 0. The van der Waals surface area contributed by atoms with Gasteiger partial charge in [0, 0.05) is 12.2 Å². The minimum Gasteiger partial charge on any atom is -0.355 e. The summed E-state index contributed by atoms with van der Waals surface area (Å²) in [5, 5.41) is 9.73. The quantitative estimate of drug-likeness (QED) is 0.611. The van der Waals surface area contributed by atoms with Crippen LogP contribution in [0, 0.1) is 6.92 Å². The average molecular weight is 270 g/mol. The highest BCUT2D eigenvalue weighted by atomic mass is 32.2. The lowest BCUT2D eigenvalue weighted by atomic mass is 10.1. The van der Waals surface area contributed by atoms with Gasteiger partial charge < -0.3 is 11.1 Å². The smallest absolute Gasteiger partial charge is 0.236 e. The highest BCUT2D eigenvalue weighted by Gasteiger charge is 2.11. The van der Waals surface area contributed by atoms with Crippen LogP contribution in [0.5, 0.6) is 0 Å². The molecular formula is C12H22N4OS. The van der Waals surface area contributed by atoms with Crippen LogP contribution in [0.15, 0.2) is 6.20 Å². The maximum atomic E-state index is 11.6. The van der Waals surface area contributed by atoms with Crippen molar-refractivity contribution in [1.29, 1.82) is 0 Å². The average Bonchev–Trinajstić information content (AvgIpc) is 2.77. The Hall–Kier alpha value is -1.01. The molecule has 0 spiro atoms. The highest BCUT2D eigenvalue weighted by molar-refractivity contribution is 7.98. The molecule has 18 heavy (non-hydrogen) atoms. The van der Waals surface area contributed by atoms with E-state index in [9.17, 15) is 4.79 Å². The first kappa shape index (κ1) is 15.0. The van der Waals surface area contributed by atoms with Crippen LogP contribution in [0.4, 0.5) is 0 Å². The van der Waals surface area contributed by atoms with Crippen molar-refractivity contribution in [3.05, 3.63) is 17.5 Å². The number of H-pyrrole nitrogens is 1. The van der Waals surface area contributed by atoms with Crippen LogP contribution in [-0.2, 0) is 11.2 Å². The molecule has 1 aromatic heterocycles. The number of thioether (sulfide) groups is 1. The van der Waals surface area contributed by atoms with Gasteiger partial charge in [0.25, 0.3) is 0 Å². The number of rotatable bonds is 8. The molecule has 6 heteroatoms. The molecule has 0 unspecified atom stereocenters. The molecule has 0 aliphatic heterocycles. The number of nitrogens with one attached hydrogen (secondary N) is 2. The molecule has 0 aliphatic rings. The van der Waals surface area contributed by atoms with Gasteiger partial charge in [0.1, 0.15) is 0 Å². The Bertz CT molecular complexity index is 367. The number of nitrogens with two attached hydrogens (primary N) is 1. The minimum absolute atomic E-state index is 0.0482. The Labute approximate surface area is 112 Å².